The van der Waals surface area contributed by atoms with Gasteiger partial charge in [-0.2, -0.15) is 0 Å². The van der Waals surface area contributed by atoms with Crippen LogP contribution in [-0.2, 0) is 9.53 Å². The van der Waals surface area contributed by atoms with Crippen molar-refractivity contribution in [2.75, 3.05) is 11.9 Å². The number of hydrogen-bond acceptors (Lipinski definition) is 4. The lowest BCUT2D eigenvalue weighted by Gasteiger charge is -2.07. The number of nitrogens with zero attached hydrogens (tertiary/aromatic N) is 1. The molecule has 1 N–H and O–H groups in total. The number of carbonyl (C=O) groups is 1. The molecule has 5 heteroatoms. The van der Waals surface area contributed by atoms with E-state index < -0.39 is 0 Å². The average Bonchev–Trinajstić information content (AvgIpc) is 2.87. The quantitative estimate of drug-likeness (QED) is 0.898. The minimum absolute atomic E-state index is 0.0363. The zero-order chi connectivity index (χ0) is 12.3. The van der Waals surface area contributed by atoms with Gasteiger partial charge in [-0.15, -0.1) is 11.3 Å². The smallest absolute Gasteiger partial charge is 0.226 e. The molecule has 1 aliphatic rings. The van der Waals surface area contributed by atoms with E-state index >= 15 is 0 Å². The number of amides is 1. The molecule has 17 heavy (non-hydrogen) atoms. The minimum atomic E-state index is 0.0363. The highest BCUT2D eigenvalue weighted by atomic mass is 32.1. The Labute approximate surface area is 105 Å². The third kappa shape index (κ3) is 3.51. The van der Waals surface area contributed by atoms with Crippen LogP contribution >= 0.6 is 11.3 Å². The standard InChI is InChI=1S/C12H18N2O2S/c1-8-9(2)17-12(13-8)14-11(15)6-5-10-4-3-7-16-10/h10H,3-7H2,1-2H3,(H,13,14,15)/t10-/m0/s1. The molecule has 0 unspecified atom stereocenters. The van der Waals surface area contributed by atoms with Gasteiger partial charge in [0.05, 0.1) is 11.8 Å². The zero-order valence-electron chi connectivity index (χ0n) is 10.3. The second-order valence-electron chi connectivity index (χ2n) is 4.38. The van der Waals surface area contributed by atoms with Gasteiger partial charge in [-0.25, -0.2) is 4.98 Å². The molecule has 0 saturated carbocycles. The van der Waals surface area contributed by atoms with Crippen molar-refractivity contribution in [2.24, 2.45) is 0 Å². The van der Waals surface area contributed by atoms with Gasteiger partial charge in [0.1, 0.15) is 0 Å². The van der Waals surface area contributed by atoms with Crippen molar-refractivity contribution in [1.82, 2.24) is 4.98 Å². The Morgan fingerprint density at radius 2 is 2.41 bits per heavy atom. The third-order valence-electron chi connectivity index (χ3n) is 2.99. The van der Waals surface area contributed by atoms with Crippen LogP contribution in [0, 0.1) is 13.8 Å². The first-order chi connectivity index (χ1) is 8.15. The summed E-state index contributed by atoms with van der Waals surface area (Å²) in [6.45, 7) is 4.81. The third-order valence-corrected chi connectivity index (χ3v) is 3.98. The molecule has 2 heterocycles. The van der Waals surface area contributed by atoms with E-state index in [-0.39, 0.29) is 12.0 Å². The second kappa shape index (κ2) is 5.60. The number of rotatable bonds is 4. The molecule has 1 amide bonds. The molecule has 1 saturated heterocycles. The van der Waals surface area contributed by atoms with E-state index in [4.69, 9.17) is 4.74 Å². The van der Waals surface area contributed by atoms with Crippen LogP contribution in [0.25, 0.3) is 0 Å². The molecule has 0 bridgehead atoms. The molecule has 1 atom stereocenters. The summed E-state index contributed by atoms with van der Waals surface area (Å²) in [5, 5.41) is 3.55. The van der Waals surface area contributed by atoms with Crippen molar-refractivity contribution in [3.63, 3.8) is 0 Å². The maximum Gasteiger partial charge on any atom is 0.226 e. The summed E-state index contributed by atoms with van der Waals surface area (Å²) in [6.07, 6.45) is 3.82. The number of carbonyl (C=O) groups excluding carboxylic acids is 1. The summed E-state index contributed by atoms with van der Waals surface area (Å²) in [5.41, 5.74) is 0.990. The zero-order valence-corrected chi connectivity index (χ0v) is 11.1. The van der Waals surface area contributed by atoms with Crippen molar-refractivity contribution in [3.05, 3.63) is 10.6 Å². The minimum Gasteiger partial charge on any atom is -0.378 e. The molecule has 0 aliphatic carbocycles. The summed E-state index contributed by atoms with van der Waals surface area (Å²) < 4.78 is 5.48. The molecule has 0 aromatic carbocycles. The van der Waals surface area contributed by atoms with E-state index in [0.717, 1.165) is 36.4 Å². The van der Waals surface area contributed by atoms with E-state index in [1.807, 2.05) is 13.8 Å². The molecule has 2 rings (SSSR count). The van der Waals surface area contributed by atoms with Crippen LogP contribution in [0.3, 0.4) is 0 Å². The first-order valence-electron chi connectivity index (χ1n) is 6.00. The number of aryl methyl sites for hydroxylation is 2. The lowest BCUT2D eigenvalue weighted by molar-refractivity contribution is -0.116. The second-order valence-corrected chi connectivity index (χ2v) is 5.59. The SMILES string of the molecule is Cc1nc(NC(=O)CC[C@@H]2CCCO2)sc1C. The van der Waals surface area contributed by atoms with E-state index in [9.17, 15) is 4.79 Å². The molecular weight excluding hydrogens is 236 g/mol. The van der Waals surface area contributed by atoms with Gasteiger partial charge < -0.3 is 10.1 Å². The fourth-order valence-electron chi connectivity index (χ4n) is 1.87. The number of aromatic nitrogens is 1. The predicted octanol–water partition coefficient (Wildman–Crippen LogP) is 2.66. The normalized spacial score (nSPS) is 19.5. The number of thiazole rings is 1. The van der Waals surface area contributed by atoms with Gasteiger partial charge in [-0.3, -0.25) is 4.79 Å². The van der Waals surface area contributed by atoms with Gasteiger partial charge in [0.2, 0.25) is 5.91 Å². The van der Waals surface area contributed by atoms with Gasteiger partial charge >= 0.3 is 0 Å². The van der Waals surface area contributed by atoms with Gasteiger partial charge in [0.25, 0.3) is 0 Å². The van der Waals surface area contributed by atoms with Gasteiger partial charge in [-0.1, -0.05) is 0 Å². The molecule has 94 valence electrons. The topological polar surface area (TPSA) is 51.2 Å². The number of nitrogens with one attached hydrogen (secondary N) is 1. The van der Waals surface area contributed by atoms with Crippen molar-refractivity contribution >= 4 is 22.4 Å². The van der Waals surface area contributed by atoms with Crippen molar-refractivity contribution in [2.45, 2.75) is 45.6 Å². The molecule has 1 fully saturated rings. The van der Waals surface area contributed by atoms with E-state index in [0.29, 0.717) is 11.6 Å². The van der Waals surface area contributed by atoms with Crippen LogP contribution in [0.1, 0.15) is 36.3 Å². The first kappa shape index (κ1) is 12.5. The fourth-order valence-corrected chi connectivity index (χ4v) is 2.70. The lowest BCUT2D eigenvalue weighted by Crippen LogP contribution is -2.15. The van der Waals surface area contributed by atoms with Gasteiger partial charge in [0.15, 0.2) is 5.13 Å². The van der Waals surface area contributed by atoms with Crippen molar-refractivity contribution in [1.29, 1.82) is 0 Å². The molecular formula is C12H18N2O2S. The van der Waals surface area contributed by atoms with Gasteiger partial charge in [-0.05, 0) is 33.1 Å². The number of anilines is 1. The summed E-state index contributed by atoms with van der Waals surface area (Å²) in [7, 11) is 0. The summed E-state index contributed by atoms with van der Waals surface area (Å²) in [4.78, 5) is 17.1. The number of ether oxygens (including phenoxy) is 1. The van der Waals surface area contributed by atoms with E-state index in [2.05, 4.69) is 10.3 Å². The fraction of sp³-hybridized carbons (Fsp3) is 0.667. The highest BCUT2D eigenvalue weighted by Gasteiger charge is 2.17. The molecule has 4 nitrogen and oxygen atoms in total. The summed E-state index contributed by atoms with van der Waals surface area (Å²) >= 11 is 1.53. The van der Waals surface area contributed by atoms with E-state index in [1.165, 1.54) is 11.3 Å². The Kier molecular flexibility index (Phi) is 4.12. The maximum atomic E-state index is 11.7. The highest BCUT2D eigenvalue weighted by Crippen LogP contribution is 2.22. The average molecular weight is 254 g/mol. The van der Waals surface area contributed by atoms with Crippen LogP contribution in [0.5, 0.6) is 0 Å². The predicted molar refractivity (Wildman–Crippen MR) is 68.4 cm³/mol. The van der Waals surface area contributed by atoms with Gasteiger partial charge in [0, 0.05) is 17.9 Å². The van der Waals surface area contributed by atoms with Crippen LogP contribution in [0.2, 0.25) is 0 Å². The number of hydrogen-bond donors (Lipinski definition) is 1. The maximum absolute atomic E-state index is 11.7. The van der Waals surface area contributed by atoms with Crippen molar-refractivity contribution < 1.29 is 9.53 Å². The molecule has 1 aromatic heterocycles. The first-order valence-corrected chi connectivity index (χ1v) is 6.82. The summed E-state index contributed by atoms with van der Waals surface area (Å²) in [5.74, 6) is 0.0363. The molecule has 0 radical (unpaired) electrons. The summed E-state index contributed by atoms with van der Waals surface area (Å²) in [6, 6.07) is 0. The Morgan fingerprint density at radius 3 is 3.00 bits per heavy atom. The monoisotopic (exact) mass is 254 g/mol. The largest absolute Gasteiger partial charge is 0.378 e. The van der Waals surface area contributed by atoms with Crippen LogP contribution in [-0.4, -0.2) is 23.6 Å². The molecule has 1 aromatic rings. The van der Waals surface area contributed by atoms with Crippen molar-refractivity contribution in [3.8, 4) is 0 Å². The Bertz CT molecular complexity index is 378. The van der Waals surface area contributed by atoms with Crippen LogP contribution in [0.15, 0.2) is 0 Å². The molecule has 0 spiro atoms. The highest BCUT2D eigenvalue weighted by molar-refractivity contribution is 7.15. The van der Waals surface area contributed by atoms with Crippen LogP contribution in [0.4, 0.5) is 5.13 Å². The Balaban J connectivity index is 1.76. The Morgan fingerprint density at radius 1 is 1.59 bits per heavy atom. The van der Waals surface area contributed by atoms with E-state index in [1.54, 1.807) is 0 Å². The lowest BCUT2D eigenvalue weighted by atomic mass is 10.1. The Hall–Kier alpha value is -0.940. The van der Waals surface area contributed by atoms with Crippen LogP contribution < -0.4 is 5.32 Å². The molecule has 1 aliphatic heterocycles.